The zero-order valence-electron chi connectivity index (χ0n) is 16.2. The first-order valence-electron chi connectivity index (χ1n) is 11.0. The first-order valence-corrected chi connectivity index (χ1v) is 11.0. The van der Waals surface area contributed by atoms with Crippen molar-refractivity contribution < 1.29 is 9.59 Å². The van der Waals surface area contributed by atoms with E-state index >= 15 is 0 Å². The Bertz CT molecular complexity index is 503. The SMILES string of the molecule is O=C(C1CC1)N1CCC(N2CCCC(C(=O)N3CCCCCC3)C2)CC1. The third-order valence-corrected chi connectivity index (χ3v) is 6.94. The predicted molar refractivity (Wildman–Crippen MR) is 102 cm³/mol. The Morgan fingerprint density at radius 2 is 1.19 bits per heavy atom. The lowest BCUT2D eigenvalue weighted by atomic mass is 9.92. The van der Waals surface area contributed by atoms with Crippen LogP contribution < -0.4 is 0 Å². The Morgan fingerprint density at radius 3 is 1.85 bits per heavy atom. The van der Waals surface area contributed by atoms with E-state index in [1.165, 1.54) is 25.7 Å². The molecule has 146 valence electrons. The van der Waals surface area contributed by atoms with E-state index in [4.69, 9.17) is 0 Å². The normalized spacial score (nSPS) is 29.5. The average molecular weight is 362 g/mol. The van der Waals surface area contributed by atoms with Crippen LogP contribution in [0.5, 0.6) is 0 Å². The molecule has 26 heavy (non-hydrogen) atoms. The molecule has 4 aliphatic rings. The van der Waals surface area contributed by atoms with Crippen LogP contribution in [0, 0.1) is 11.8 Å². The Labute approximate surface area is 158 Å². The average Bonchev–Trinajstić information content (AvgIpc) is 3.54. The highest BCUT2D eigenvalue weighted by Crippen LogP contribution is 2.33. The number of piperidine rings is 2. The van der Waals surface area contributed by atoms with E-state index < -0.39 is 0 Å². The maximum atomic E-state index is 13.0. The van der Waals surface area contributed by atoms with Crippen molar-refractivity contribution in [2.75, 3.05) is 39.3 Å². The molecular weight excluding hydrogens is 326 g/mol. The number of rotatable bonds is 3. The molecule has 1 atom stereocenters. The van der Waals surface area contributed by atoms with E-state index in [1.807, 2.05) is 0 Å². The molecule has 5 nitrogen and oxygen atoms in total. The Morgan fingerprint density at radius 1 is 0.577 bits per heavy atom. The first kappa shape index (κ1) is 18.3. The van der Waals surface area contributed by atoms with Crippen molar-refractivity contribution in [1.82, 2.24) is 14.7 Å². The summed E-state index contributed by atoms with van der Waals surface area (Å²) in [6, 6.07) is 0.568. The highest BCUT2D eigenvalue weighted by molar-refractivity contribution is 5.81. The lowest BCUT2D eigenvalue weighted by Gasteiger charge is -2.42. The molecule has 0 aromatic heterocycles. The summed E-state index contributed by atoms with van der Waals surface area (Å²) in [5.74, 6) is 1.36. The molecule has 0 spiro atoms. The zero-order chi connectivity index (χ0) is 17.9. The minimum absolute atomic E-state index is 0.202. The highest BCUT2D eigenvalue weighted by atomic mass is 16.2. The van der Waals surface area contributed by atoms with Crippen molar-refractivity contribution in [3.8, 4) is 0 Å². The summed E-state index contributed by atoms with van der Waals surface area (Å²) in [6.07, 6.45) is 11.5. The van der Waals surface area contributed by atoms with Gasteiger partial charge in [-0.2, -0.15) is 0 Å². The first-order chi connectivity index (χ1) is 12.7. The molecule has 0 bridgehead atoms. The van der Waals surface area contributed by atoms with Gasteiger partial charge in [0, 0.05) is 44.7 Å². The summed E-state index contributed by atoms with van der Waals surface area (Å²) >= 11 is 0. The van der Waals surface area contributed by atoms with Gasteiger partial charge in [-0.05, 0) is 57.9 Å². The summed E-state index contributed by atoms with van der Waals surface area (Å²) in [4.78, 5) is 32.1. The van der Waals surface area contributed by atoms with Gasteiger partial charge in [-0.25, -0.2) is 0 Å². The van der Waals surface area contributed by atoms with Crippen molar-refractivity contribution >= 4 is 11.8 Å². The van der Waals surface area contributed by atoms with Gasteiger partial charge in [0.25, 0.3) is 0 Å². The van der Waals surface area contributed by atoms with Crippen LogP contribution in [0.2, 0.25) is 0 Å². The molecule has 5 heteroatoms. The van der Waals surface area contributed by atoms with E-state index in [0.717, 1.165) is 77.8 Å². The molecule has 4 fully saturated rings. The second-order valence-electron chi connectivity index (χ2n) is 8.90. The minimum atomic E-state index is 0.202. The molecule has 3 heterocycles. The molecule has 2 amide bonds. The highest BCUT2D eigenvalue weighted by Gasteiger charge is 2.37. The minimum Gasteiger partial charge on any atom is -0.342 e. The lowest BCUT2D eigenvalue weighted by molar-refractivity contribution is -0.138. The summed E-state index contributed by atoms with van der Waals surface area (Å²) in [5.41, 5.74) is 0. The third kappa shape index (κ3) is 4.24. The fraction of sp³-hybridized carbons (Fsp3) is 0.905. The van der Waals surface area contributed by atoms with Gasteiger partial charge in [0.15, 0.2) is 0 Å². The van der Waals surface area contributed by atoms with Gasteiger partial charge in [0.2, 0.25) is 11.8 Å². The number of nitrogens with zero attached hydrogens (tertiary/aromatic N) is 3. The number of hydrogen-bond donors (Lipinski definition) is 0. The number of amides is 2. The van der Waals surface area contributed by atoms with Gasteiger partial charge in [0.1, 0.15) is 0 Å². The summed E-state index contributed by atoms with van der Waals surface area (Å²) in [7, 11) is 0. The van der Waals surface area contributed by atoms with Gasteiger partial charge in [0.05, 0.1) is 5.92 Å². The van der Waals surface area contributed by atoms with Gasteiger partial charge in [-0.15, -0.1) is 0 Å². The fourth-order valence-corrected chi connectivity index (χ4v) is 5.13. The number of carbonyl (C=O) groups is 2. The monoisotopic (exact) mass is 361 g/mol. The maximum Gasteiger partial charge on any atom is 0.226 e. The van der Waals surface area contributed by atoms with Crippen molar-refractivity contribution in [2.24, 2.45) is 11.8 Å². The van der Waals surface area contributed by atoms with Crippen LogP contribution in [0.15, 0.2) is 0 Å². The summed E-state index contributed by atoms with van der Waals surface area (Å²) in [5, 5.41) is 0. The van der Waals surface area contributed by atoms with Gasteiger partial charge in [-0.3, -0.25) is 14.5 Å². The molecule has 0 aromatic rings. The molecule has 3 saturated heterocycles. The molecular formula is C21H35N3O2. The molecule has 1 saturated carbocycles. The van der Waals surface area contributed by atoms with Crippen LogP contribution in [0.25, 0.3) is 0 Å². The Balaban J connectivity index is 1.28. The second kappa shape index (κ2) is 8.28. The molecule has 4 rings (SSSR count). The third-order valence-electron chi connectivity index (χ3n) is 6.94. The van der Waals surface area contributed by atoms with E-state index in [2.05, 4.69) is 14.7 Å². The number of carbonyl (C=O) groups excluding carboxylic acids is 2. The largest absolute Gasteiger partial charge is 0.342 e. The topological polar surface area (TPSA) is 43.9 Å². The maximum absolute atomic E-state index is 13.0. The van der Waals surface area contributed by atoms with Crippen molar-refractivity contribution in [1.29, 1.82) is 0 Å². The zero-order valence-corrected chi connectivity index (χ0v) is 16.2. The molecule has 0 radical (unpaired) electrons. The lowest BCUT2D eigenvalue weighted by Crippen LogP contribution is -2.52. The number of likely N-dealkylation sites (tertiary alicyclic amines) is 3. The van der Waals surface area contributed by atoms with Crippen LogP contribution in [0.4, 0.5) is 0 Å². The van der Waals surface area contributed by atoms with Gasteiger partial charge >= 0.3 is 0 Å². The van der Waals surface area contributed by atoms with E-state index in [-0.39, 0.29) is 5.92 Å². The van der Waals surface area contributed by atoms with Gasteiger partial charge < -0.3 is 9.80 Å². The van der Waals surface area contributed by atoms with Crippen LogP contribution >= 0.6 is 0 Å². The van der Waals surface area contributed by atoms with Crippen molar-refractivity contribution in [3.63, 3.8) is 0 Å². The van der Waals surface area contributed by atoms with Crippen molar-refractivity contribution in [3.05, 3.63) is 0 Å². The van der Waals surface area contributed by atoms with Crippen LogP contribution in [-0.4, -0.2) is 71.8 Å². The van der Waals surface area contributed by atoms with E-state index in [9.17, 15) is 9.59 Å². The fourth-order valence-electron chi connectivity index (χ4n) is 5.13. The molecule has 3 aliphatic heterocycles. The molecule has 1 aliphatic carbocycles. The second-order valence-corrected chi connectivity index (χ2v) is 8.90. The van der Waals surface area contributed by atoms with Crippen LogP contribution in [0.3, 0.4) is 0 Å². The van der Waals surface area contributed by atoms with Crippen LogP contribution in [-0.2, 0) is 9.59 Å². The predicted octanol–water partition coefficient (Wildman–Crippen LogP) is 2.50. The van der Waals surface area contributed by atoms with Crippen LogP contribution in [0.1, 0.15) is 64.2 Å². The Kier molecular flexibility index (Phi) is 5.82. The van der Waals surface area contributed by atoms with E-state index in [0.29, 0.717) is 23.8 Å². The van der Waals surface area contributed by atoms with E-state index in [1.54, 1.807) is 0 Å². The smallest absolute Gasteiger partial charge is 0.226 e. The number of hydrogen-bond acceptors (Lipinski definition) is 3. The van der Waals surface area contributed by atoms with Gasteiger partial charge in [-0.1, -0.05) is 12.8 Å². The Hall–Kier alpha value is -1.10. The standard InChI is InChI=1S/C21H35N3O2/c25-20(17-7-8-17)23-14-9-19(10-15-23)24-13-5-6-18(16-24)21(26)22-11-3-1-2-4-12-22/h17-19H,1-16H2. The molecule has 0 N–H and O–H groups in total. The quantitative estimate of drug-likeness (QED) is 0.776. The summed E-state index contributed by atoms with van der Waals surface area (Å²) < 4.78 is 0. The molecule has 0 aromatic carbocycles. The molecule has 1 unspecified atom stereocenters. The summed E-state index contributed by atoms with van der Waals surface area (Å²) in [6.45, 7) is 5.85. The van der Waals surface area contributed by atoms with Crippen molar-refractivity contribution in [2.45, 2.75) is 70.3 Å².